The third-order valence-corrected chi connectivity index (χ3v) is 5.97. The molecule has 1 saturated carbocycles. The molecule has 132 valence electrons. The fourth-order valence-corrected chi connectivity index (χ4v) is 4.38. The van der Waals surface area contributed by atoms with Crippen LogP contribution >= 0.6 is 0 Å². The summed E-state index contributed by atoms with van der Waals surface area (Å²) < 4.78 is 5.80. The van der Waals surface area contributed by atoms with Crippen molar-refractivity contribution in [3.05, 3.63) is 42.2 Å². The summed E-state index contributed by atoms with van der Waals surface area (Å²) in [7, 11) is 0. The number of rotatable bonds is 3. The second kappa shape index (κ2) is 6.39. The van der Waals surface area contributed by atoms with Crippen LogP contribution in [0.25, 0.3) is 10.8 Å². The van der Waals surface area contributed by atoms with Gasteiger partial charge in [-0.05, 0) is 31.2 Å². The molecule has 0 radical (unpaired) electrons. The summed E-state index contributed by atoms with van der Waals surface area (Å²) in [6.07, 6.45) is 3.80. The Morgan fingerprint density at radius 1 is 1.32 bits per heavy atom. The maximum Gasteiger partial charge on any atom is 0.273 e. The molecule has 2 fully saturated rings. The van der Waals surface area contributed by atoms with Gasteiger partial charge in [0.2, 0.25) is 0 Å². The molecular formula is C20H24N2O3. The highest BCUT2D eigenvalue weighted by Gasteiger charge is 2.56. The number of pyridine rings is 1. The van der Waals surface area contributed by atoms with E-state index in [0.29, 0.717) is 31.8 Å². The first-order chi connectivity index (χ1) is 12.2. The lowest BCUT2D eigenvalue weighted by atomic mass is 9.58. The van der Waals surface area contributed by atoms with Crippen LogP contribution in [-0.4, -0.2) is 52.8 Å². The van der Waals surface area contributed by atoms with E-state index in [9.17, 15) is 9.90 Å². The molecule has 2 heterocycles. The molecule has 1 aromatic heterocycles. The van der Waals surface area contributed by atoms with Gasteiger partial charge in [-0.1, -0.05) is 24.3 Å². The minimum absolute atomic E-state index is 0.0200. The minimum atomic E-state index is -0.308. The molecule has 2 aromatic rings. The van der Waals surface area contributed by atoms with Gasteiger partial charge in [-0.2, -0.15) is 0 Å². The van der Waals surface area contributed by atoms with E-state index < -0.39 is 0 Å². The van der Waals surface area contributed by atoms with E-state index >= 15 is 0 Å². The van der Waals surface area contributed by atoms with Gasteiger partial charge >= 0.3 is 0 Å². The summed E-state index contributed by atoms with van der Waals surface area (Å²) in [6, 6.07) is 9.77. The Balaban J connectivity index is 1.52. The average Bonchev–Trinajstić information content (AvgIpc) is 2.67. The van der Waals surface area contributed by atoms with Crippen LogP contribution in [0, 0.1) is 5.41 Å². The second-order valence-electron chi connectivity index (χ2n) is 7.10. The monoisotopic (exact) mass is 340 g/mol. The Morgan fingerprint density at radius 3 is 2.80 bits per heavy atom. The average molecular weight is 340 g/mol. The number of aliphatic hydroxyl groups is 1. The number of benzene rings is 1. The third kappa shape index (κ3) is 2.62. The molecule has 4 rings (SSSR count). The molecule has 2 unspecified atom stereocenters. The van der Waals surface area contributed by atoms with Crippen LogP contribution < -0.4 is 0 Å². The molecule has 1 aromatic carbocycles. The largest absolute Gasteiger partial charge is 0.392 e. The zero-order valence-electron chi connectivity index (χ0n) is 14.5. The summed E-state index contributed by atoms with van der Waals surface area (Å²) in [5.41, 5.74) is 0.350. The smallest absolute Gasteiger partial charge is 0.273 e. The number of amides is 1. The summed E-state index contributed by atoms with van der Waals surface area (Å²) >= 11 is 0. The summed E-state index contributed by atoms with van der Waals surface area (Å²) in [5, 5.41) is 12.2. The molecule has 2 aliphatic rings. The molecule has 5 heteroatoms. The van der Waals surface area contributed by atoms with E-state index in [0.717, 1.165) is 23.6 Å². The Labute approximate surface area is 147 Å². The SMILES string of the molecule is CCOC1CC(O)C12CCN(C(=O)c1nccc3ccccc13)CC2. The summed E-state index contributed by atoms with van der Waals surface area (Å²) in [6.45, 7) is 3.94. The number of hydrogen-bond donors (Lipinski definition) is 1. The van der Waals surface area contributed by atoms with Crippen LogP contribution in [0.3, 0.4) is 0 Å². The lowest BCUT2D eigenvalue weighted by Gasteiger charge is -2.56. The molecule has 2 atom stereocenters. The van der Waals surface area contributed by atoms with Gasteiger partial charge in [0, 0.05) is 43.1 Å². The number of aliphatic hydroxyl groups excluding tert-OH is 1. The quantitative estimate of drug-likeness (QED) is 0.933. The van der Waals surface area contributed by atoms with Gasteiger partial charge in [-0.25, -0.2) is 0 Å². The van der Waals surface area contributed by atoms with Crippen LogP contribution in [-0.2, 0) is 4.74 Å². The molecule has 1 N–H and O–H groups in total. The molecule has 1 spiro atoms. The molecule has 1 aliphatic heterocycles. The van der Waals surface area contributed by atoms with E-state index in [1.54, 1.807) is 6.20 Å². The van der Waals surface area contributed by atoms with Gasteiger partial charge in [-0.15, -0.1) is 0 Å². The number of carbonyl (C=O) groups is 1. The van der Waals surface area contributed by atoms with Crippen molar-refractivity contribution >= 4 is 16.7 Å². The van der Waals surface area contributed by atoms with E-state index in [-0.39, 0.29) is 23.5 Å². The normalized spacial score (nSPS) is 25.1. The molecule has 1 saturated heterocycles. The Kier molecular flexibility index (Phi) is 4.21. The number of likely N-dealkylation sites (tertiary alicyclic amines) is 1. The Hall–Kier alpha value is -1.98. The third-order valence-electron chi connectivity index (χ3n) is 5.97. The minimum Gasteiger partial charge on any atom is -0.392 e. The van der Waals surface area contributed by atoms with Crippen molar-refractivity contribution < 1.29 is 14.6 Å². The van der Waals surface area contributed by atoms with Crippen molar-refractivity contribution in [2.75, 3.05) is 19.7 Å². The highest BCUT2D eigenvalue weighted by molar-refractivity contribution is 6.05. The molecule has 25 heavy (non-hydrogen) atoms. The lowest BCUT2D eigenvalue weighted by molar-refractivity contribution is -0.207. The van der Waals surface area contributed by atoms with Crippen molar-refractivity contribution in [3.63, 3.8) is 0 Å². The van der Waals surface area contributed by atoms with Crippen molar-refractivity contribution in [2.45, 2.75) is 38.4 Å². The van der Waals surface area contributed by atoms with Crippen LogP contribution in [0.5, 0.6) is 0 Å². The predicted octanol–water partition coefficient (Wildman–Crippen LogP) is 2.63. The molecule has 0 bridgehead atoms. The molecule has 1 amide bonds. The highest BCUT2D eigenvalue weighted by atomic mass is 16.5. The number of hydrogen-bond acceptors (Lipinski definition) is 4. The standard InChI is InChI=1S/C20H24N2O3/c1-2-25-17-13-16(23)20(17)8-11-22(12-9-20)19(24)18-15-6-4-3-5-14(15)7-10-21-18/h3-7,10,16-17,23H,2,8-9,11-13H2,1H3. The molecular weight excluding hydrogens is 316 g/mol. The zero-order valence-corrected chi connectivity index (χ0v) is 14.5. The fraction of sp³-hybridized carbons (Fsp3) is 0.500. The summed E-state index contributed by atoms with van der Waals surface area (Å²) in [5.74, 6) is -0.0200. The first-order valence-electron chi connectivity index (χ1n) is 9.08. The zero-order chi connectivity index (χ0) is 17.4. The lowest BCUT2D eigenvalue weighted by Crippen LogP contribution is -2.62. The van der Waals surface area contributed by atoms with Crippen molar-refractivity contribution in [1.82, 2.24) is 9.88 Å². The number of aromatic nitrogens is 1. The Morgan fingerprint density at radius 2 is 2.08 bits per heavy atom. The fourth-order valence-electron chi connectivity index (χ4n) is 4.38. The predicted molar refractivity (Wildman–Crippen MR) is 95.4 cm³/mol. The second-order valence-corrected chi connectivity index (χ2v) is 7.10. The Bertz CT molecular complexity index is 776. The topological polar surface area (TPSA) is 62.7 Å². The van der Waals surface area contributed by atoms with E-state index in [2.05, 4.69) is 4.98 Å². The van der Waals surface area contributed by atoms with Crippen molar-refractivity contribution in [1.29, 1.82) is 0 Å². The first kappa shape index (κ1) is 16.5. The maximum atomic E-state index is 13.0. The van der Waals surface area contributed by atoms with Crippen molar-refractivity contribution in [3.8, 4) is 0 Å². The van der Waals surface area contributed by atoms with Crippen molar-refractivity contribution in [2.24, 2.45) is 5.41 Å². The summed E-state index contributed by atoms with van der Waals surface area (Å²) in [4.78, 5) is 19.2. The van der Waals surface area contributed by atoms with Gasteiger partial charge in [0.05, 0.1) is 12.2 Å². The van der Waals surface area contributed by atoms with Crippen LogP contribution in [0.4, 0.5) is 0 Å². The number of fused-ring (bicyclic) bond motifs is 1. The van der Waals surface area contributed by atoms with E-state index in [1.165, 1.54) is 0 Å². The van der Waals surface area contributed by atoms with Gasteiger partial charge in [0.1, 0.15) is 5.69 Å². The van der Waals surface area contributed by atoms with E-state index in [1.807, 2.05) is 42.2 Å². The number of nitrogens with zero attached hydrogens (tertiary/aromatic N) is 2. The highest BCUT2D eigenvalue weighted by Crippen LogP contribution is 2.51. The van der Waals surface area contributed by atoms with Gasteiger partial charge < -0.3 is 14.7 Å². The van der Waals surface area contributed by atoms with Gasteiger partial charge in [-0.3, -0.25) is 9.78 Å². The van der Waals surface area contributed by atoms with Crippen LogP contribution in [0.1, 0.15) is 36.7 Å². The first-order valence-corrected chi connectivity index (χ1v) is 9.08. The van der Waals surface area contributed by atoms with Crippen LogP contribution in [0.15, 0.2) is 36.5 Å². The van der Waals surface area contributed by atoms with E-state index in [4.69, 9.17) is 4.74 Å². The molecule has 1 aliphatic carbocycles. The maximum absolute atomic E-state index is 13.0. The molecule has 5 nitrogen and oxygen atoms in total. The van der Waals surface area contributed by atoms with Gasteiger partial charge in [0.25, 0.3) is 5.91 Å². The number of piperidine rings is 1. The van der Waals surface area contributed by atoms with Gasteiger partial charge in [0.15, 0.2) is 0 Å². The number of carbonyl (C=O) groups excluding carboxylic acids is 1. The van der Waals surface area contributed by atoms with Crippen LogP contribution in [0.2, 0.25) is 0 Å². The number of ether oxygens (including phenoxy) is 1.